The standard InChI is InChI=1S/C16H20ClFN2O2/c1-9-5-6-20(8-14(9)21)16(22)19-13-7-10(13)15-11(17)3-2-4-12(15)18/h2-4,9-10,13-14,21H,5-8H2,1H3,(H,19,22). The maximum atomic E-state index is 13.9. The smallest absolute Gasteiger partial charge is 0.317 e. The first kappa shape index (κ1) is 15.6. The zero-order chi connectivity index (χ0) is 15.9. The molecule has 2 aliphatic rings. The van der Waals surface area contributed by atoms with Crippen LogP contribution in [0.15, 0.2) is 18.2 Å². The van der Waals surface area contributed by atoms with Gasteiger partial charge in [0.1, 0.15) is 5.82 Å². The number of nitrogens with one attached hydrogen (secondary N) is 1. The minimum atomic E-state index is -0.476. The molecule has 4 unspecified atom stereocenters. The molecule has 0 radical (unpaired) electrons. The van der Waals surface area contributed by atoms with Crippen LogP contribution in [0.5, 0.6) is 0 Å². The van der Waals surface area contributed by atoms with E-state index in [0.717, 1.165) is 6.42 Å². The van der Waals surface area contributed by atoms with E-state index in [0.29, 0.717) is 30.1 Å². The Morgan fingerprint density at radius 1 is 1.50 bits per heavy atom. The summed E-state index contributed by atoms with van der Waals surface area (Å²) in [7, 11) is 0. The summed E-state index contributed by atoms with van der Waals surface area (Å²) in [5.41, 5.74) is 0.488. The molecule has 1 aromatic rings. The van der Waals surface area contributed by atoms with Crippen LogP contribution < -0.4 is 5.32 Å². The van der Waals surface area contributed by atoms with E-state index in [1.165, 1.54) is 6.07 Å². The fourth-order valence-corrected chi connectivity index (χ4v) is 3.32. The number of likely N-dealkylation sites (tertiary alicyclic amines) is 1. The number of aliphatic hydroxyl groups is 1. The molecular weight excluding hydrogens is 307 g/mol. The fraction of sp³-hybridized carbons (Fsp3) is 0.562. The quantitative estimate of drug-likeness (QED) is 0.878. The molecule has 1 aliphatic carbocycles. The van der Waals surface area contributed by atoms with E-state index in [1.807, 2.05) is 6.92 Å². The lowest BCUT2D eigenvalue weighted by atomic mass is 9.96. The van der Waals surface area contributed by atoms with Crippen molar-refractivity contribution in [3.05, 3.63) is 34.6 Å². The number of piperidine rings is 1. The van der Waals surface area contributed by atoms with Gasteiger partial charge in [-0.2, -0.15) is 0 Å². The van der Waals surface area contributed by atoms with Gasteiger partial charge in [0.05, 0.1) is 6.10 Å². The molecule has 0 aromatic heterocycles. The van der Waals surface area contributed by atoms with Gasteiger partial charge >= 0.3 is 6.03 Å². The van der Waals surface area contributed by atoms with Gasteiger partial charge in [0, 0.05) is 35.6 Å². The van der Waals surface area contributed by atoms with Crippen LogP contribution in [0.3, 0.4) is 0 Å². The number of rotatable bonds is 2. The van der Waals surface area contributed by atoms with E-state index in [9.17, 15) is 14.3 Å². The summed E-state index contributed by atoms with van der Waals surface area (Å²) in [4.78, 5) is 13.9. The molecule has 22 heavy (non-hydrogen) atoms. The van der Waals surface area contributed by atoms with Gasteiger partial charge in [-0.3, -0.25) is 0 Å². The lowest BCUT2D eigenvalue weighted by molar-refractivity contribution is 0.0435. The normalized spacial score (nSPS) is 31.0. The van der Waals surface area contributed by atoms with Gasteiger partial charge in [-0.1, -0.05) is 24.6 Å². The van der Waals surface area contributed by atoms with Crippen LogP contribution in [0.1, 0.15) is 31.2 Å². The minimum Gasteiger partial charge on any atom is -0.391 e. The van der Waals surface area contributed by atoms with Gasteiger partial charge in [-0.25, -0.2) is 9.18 Å². The van der Waals surface area contributed by atoms with E-state index >= 15 is 0 Å². The van der Waals surface area contributed by atoms with Gasteiger partial charge in [0.25, 0.3) is 0 Å². The van der Waals surface area contributed by atoms with Crippen molar-refractivity contribution in [2.45, 2.75) is 37.8 Å². The molecule has 0 spiro atoms. The highest BCUT2D eigenvalue weighted by Crippen LogP contribution is 2.45. The number of amides is 2. The number of carbonyl (C=O) groups is 1. The van der Waals surface area contributed by atoms with Crippen molar-refractivity contribution in [2.24, 2.45) is 5.92 Å². The molecule has 1 saturated heterocycles. The van der Waals surface area contributed by atoms with E-state index in [1.54, 1.807) is 17.0 Å². The van der Waals surface area contributed by atoms with Crippen molar-refractivity contribution in [3.63, 3.8) is 0 Å². The van der Waals surface area contributed by atoms with Gasteiger partial charge in [0.2, 0.25) is 0 Å². The molecule has 3 rings (SSSR count). The highest BCUT2D eigenvalue weighted by Gasteiger charge is 2.43. The average molecular weight is 327 g/mol. The molecule has 4 nitrogen and oxygen atoms in total. The molecule has 1 aliphatic heterocycles. The number of benzene rings is 1. The number of hydrogen-bond acceptors (Lipinski definition) is 2. The maximum Gasteiger partial charge on any atom is 0.317 e. The predicted octanol–water partition coefficient (Wildman–Crippen LogP) is 2.75. The average Bonchev–Trinajstić information content (AvgIpc) is 3.20. The van der Waals surface area contributed by atoms with E-state index in [-0.39, 0.29) is 29.7 Å². The second-order valence-corrected chi connectivity index (χ2v) is 6.72. The van der Waals surface area contributed by atoms with Crippen molar-refractivity contribution in [1.82, 2.24) is 10.2 Å². The predicted molar refractivity (Wildman–Crippen MR) is 82.4 cm³/mol. The topological polar surface area (TPSA) is 52.6 Å². The van der Waals surface area contributed by atoms with Crippen molar-refractivity contribution >= 4 is 17.6 Å². The monoisotopic (exact) mass is 326 g/mol. The Labute approximate surface area is 134 Å². The van der Waals surface area contributed by atoms with Gasteiger partial charge in [-0.05, 0) is 30.9 Å². The molecular formula is C16H20ClFN2O2. The van der Waals surface area contributed by atoms with Crippen molar-refractivity contribution < 1.29 is 14.3 Å². The second kappa shape index (κ2) is 6.05. The highest BCUT2D eigenvalue weighted by atomic mass is 35.5. The number of urea groups is 1. The molecule has 1 heterocycles. The Bertz CT molecular complexity index is 563. The lowest BCUT2D eigenvalue weighted by Crippen LogP contribution is -2.50. The first-order valence-electron chi connectivity index (χ1n) is 7.64. The van der Waals surface area contributed by atoms with E-state index in [2.05, 4.69) is 5.32 Å². The zero-order valence-corrected chi connectivity index (χ0v) is 13.2. The SMILES string of the molecule is CC1CCN(C(=O)NC2CC2c2c(F)cccc2Cl)CC1O. The summed E-state index contributed by atoms with van der Waals surface area (Å²) in [6.45, 7) is 2.98. The number of halogens is 2. The summed E-state index contributed by atoms with van der Waals surface area (Å²) in [5, 5.41) is 13.2. The summed E-state index contributed by atoms with van der Waals surface area (Å²) < 4.78 is 13.9. The first-order valence-corrected chi connectivity index (χ1v) is 8.02. The van der Waals surface area contributed by atoms with E-state index in [4.69, 9.17) is 11.6 Å². The van der Waals surface area contributed by atoms with Crippen LogP contribution in [-0.2, 0) is 0 Å². The van der Waals surface area contributed by atoms with Crippen LogP contribution in [0.4, 0.5) is 9.18 Å². The minimum absolute atomic E-state index is 0.0636. The Balaban J connectivity index is 1.58. The second-order valence-electron chi connectivity index (χ2n) is 6.31. The largest absolute Gasteiger partial charge is 0.391 e. The van der Waals surface area contributed by atoms with Gasteiger partial charge in [0.15, 0.2) is 0 Å². The van der Waals surface area contributed by atoms with Crippen molar-refractivity contribution in [1.29, 1.82) is 0 Å². The summed E-state index contributed by atoms with van der Waals surface area (Å²) in [6.07, 6.45) is 1.01. The highest BCUT2D eigenvalue weighted by molar-refractivity contribution is 6.31. The molecule has 1 aromatic carbocycles. The van der Waals surface area contributed by atoms with Crippen molar-refractivity contribution in [2.75, 3.05) is 13.1 Å². The number of carbonyl (C=O) groups excluding carboxylic acids is 1. The molecule has 1 saturated carbocycles. The number of hydrogen-bond donors (Lipinski definition) is 2. The van der Waals surface area contributed by atoms with E-state index < -0.39 is 6.10 Å². The van der Waals surface area contributed by atoms with Crippen LogP contribution >= 0.6 is 11.6 Å². The number of nitrogens with zero attached hydrogens (tertiary/aromatic N) is 1. The van der Waals surface area contributed by atoms with Crippen LogP contribution in [0.2, 0.25) is 5.02 Å². The molecule has 2 N–H and O–H groups in total. The van der Waals surface area contributed by atoms with Gasteiger partial charge < -0.3 is 15.3 Å². The maximum absolute atomic E-state index is 13.9. The third-order valence-corrected chi connectivity index (χ3v) is 5.01. The van der Waals surface area contributed by atoms with Crippen LogP contribution in [0.25, 0.3) is 0 Å². The molecule has 4 atom stereocenters. The third-order valence-electron chi connectivity index (χ3n) is 4.68. The Morgan fingerprint density at radius 2 is 2.27 bits per heavy atom. The summed E-state index contributed by atoms with van der Waals surface area (Å²) >= 11 is 6.05. The van der Waals surface area contributed by atoms with Crippen LogP contribution in [0, 0.1) is 11.7 Å². The van der Waals surface area contributed by atoms with Crippen molar-refractivity contribution in [3.8, 4) is 0 Å². The Morgan fingerprint density at radius 3 is 2.95 bits per heavy atom. The molecule has 2 fully saturated rings. The molecule has 2 amide bonds. The first-order chi connectivity index (χ1) is 10.5. The Kier molecular flexibility index (Phi) is 4.28. The fourth-order valence-electron chi connectivity index (χ4n) is 3.02. The lowest BCUT2D eigenvalue weighted by Gasteiger charge is -2.34. The zero-order valence-electron chi connectivity index (χ0n) is 12.4. The third kappa shape index (κ3) is 3.06. The summed E-state index contributed by atoms with van der Waals surface area (Å²) in [6, 6.07) is 4.36. The number of β-amino-alcohol motifs (C(OH)–C–C–N with tert-alkyl or cyclic N) is 1. The molecule has 0 bridgehead atoms. The molecule has 6 heteroatoms. The summed E-state index contributed by atoms with van der Waals surface area (Å²) in [5.74, 6) is -0.169. The number of aliphatic hydroxyl groups excluding tert-OH is 1. The van der Waals surface area contributed by atoms with Gasteiger partial charge in [-0.15, -0.1) is 0 Å². The Hall–Kier alpha value is -1.33. The van der Waals surface area contributed by atoms with Crippen LogP contribution in [-0.4, -0.2) is 41.3 Å². The molecule has 120 valence electrons.